The van der Waals surface area contributed by atoms with Crippen LogP contribution in [-0.4, -0.2) is 12.6 Å². The molecule has 20 heavy (non-hydrogen) atoms. The Morgan fingerprint density at radius 1 is 1.10 bits per heavy atom. The Kier molecular flexibility index (Phi) is 3.85. The van der Waals surface area contributed by atoms with Gasteiger partial charge < -0.3 is 5.32 Å². The average molecular weight is 292 g/mol. The molecule has 2 aliphatic carbocycles. The van der Waals surface area contributed by atoms with Gasteiger partial charge in [-0.3, -0.25) is 0 Å². The van der Waals surface area contributed by atoms with Gasteiger partial charge in [-0.2, -0.15) is 0 Å². The summed E-state index contributed by atoms with van der Waals surface area (Å²) in [6.45, 7) is 5.58. The molecule has 0 amide bonds. The van der Waals surface area contributed by atoms with Gasteiger partial charge in [0, 0.05) is 23.0 Å². The first kappa shape index (κ1) is 14.4. The van der Waals surface area contributed by atoms with E-state index in [9.17, 15) is 0 Å². The molecule has 2 fully saturated rings. The molecular weight excluding hydrogens is 266 g/mol. The SMILES string of the molecule is CC(C)NCC1(c2ccc(Cl)cc2)CC2(CCCC2)C1. The van der Waals surface area contributed by atoms with E-state index in [1.54, 1.807) is 0 Å². The molecule has 1 nitrogen and oxygen atoms in total. The van der Waals surface area contributed by atoms with E-state index in [2.05, 4.69) is 31.3 Å². The van der Waals surface area contributed by atoms with Crippen molar-refractivity contribution in [2.24, 2.45) is 5.41 Å². The van der Waals surface area contributed by atoms with E-state index >= 15 is 0 Å². The van der Waals surface area contributed by atoms with Crippen LogP contribution in [0.1, 0.15) is 57.9 Å². The fourth-order valence-corrected chi connectivity index (χ4v) is 4.62. The summed E-state index contributed by atoms with van der Waals surface area (Å²) in [5, 5.41) is 4.52. The summed E-state index contributed by atoms with van der Waals surface area (Å²) < 4.78 is 0. The zero-order valence-corrected chi connectivity index (χ0v) is 13.5. The van der Waals surface area contributed by atoms with Crippen molar-refractivity contribution in [3.8, 4) is 0 Å². The Balaban J connectivity index is 1.80. The van der Waals surface area contributed by atoms with Gasteiger partial charge in [0.2, 0.25) is 0 Å². The van der Waals surface area contributed by atoms with Crippen molar-refractivity contribution in [1.29, 1.82) is 0 Å². The quantitative estimate of drug-likeness (QED) is 0.829. The normalized spacial score (nSPS) is 23.2. The van der Waals surface area contributed by atoms with Crippen molar-refractivity contribution in [1.82, 2.24) is 5.32 Å². The van der Waals surface area contributed by atoms with Crippen LogP contribution in [0.3, 0.4) is 0 Å². The van der Waals surface area contributed by atoms with Gasteiger partial charge in [0.1, 0.15) is 0 Å². The van der Waals surface area contributed by atoms with Crippen LogP contribution in [-0.2, 0) is 5.41 Å². The van der Waals surface area contributed by atoms with Crippen molar-refractivity contribution in [3.63, 3.8) is 0 Å². The van der Waals surface area contributed by atoms with E-state index in [1.807, 2.05) is 12.1 Å². The number of hydrogen-bond acceptors (Lipinski definition) is 1. The molecule has 2 saturated carbocycles. The molecule has 0 aliphatic heterocycles. The van der Waals surface area contributed by atoms with Gasteiger partial charge in [-0.1, -0.05) is 50.4 Å². The van der Waals surface area contributed by atoms with Crippen molar-refractivity contribution in [2.75, 3.05) is 6.54 Å². The summed E-state index contributed by atoms with van der Waals surface area (Å²) in [7, 11) is 0. The van der Waals surface area contributed by atoms with Gasteiger partial charge in [-0.25, -0.2) is 0 Å². The summed E-state index contributed by atoms with van der Waals surface area (Å²) in [6, 6.07) is 9.14. The second-order valence-corrected chi connectivity index (χ2v) is 7.82. The highest BCUT2D eigenvalue weighted by Crippen LogP contribution is 2.62. The summed E-state index contributed by atoms with van der Waals surface area (Å²) >= 11 is 6.06. The third kappa shape index (κ3) is 2.63. The molecule has 0 radical (unpaired) electrons. The first-order valence-corrected chi connectivity index (χ1v) is 8.41. The molecular formula is C18H26ClN. The van der Waals surface area contributed by atoms with E-state index in [1.165, 1.54) is 44.1 Å². The molecule has 0 heterocycles. The molecule has 1 N–H and O–H groups in total. The third-order valence-electron chi connectivity index (χ3n) is 5.40. The van der Waals surface area contributed by atoms with Crippen LogP contribution >= 0.6 is 11.6 Å². The average Bonchev–Trinajstić information content (AvgIpc) is 2.85. The molecule has 3 rings (SSSR count). The van der Waals surface area contributed by atoms with E-state index in [0.717, 1.165) is 11.6 Å². The lowest BCUT2D eigenvalue weighted by molar-refractivity contribution is 0.0258. The number of halogens is 1. The van der Waals surface area contributed by atoms with Gasteiger partial charge in [0.15, 0.2) is 0 Å². The second-order valence-electron chi connectivity index (χ2n) is 7.38. The number of benzene rings is 1. The van der Waals surface area contributed by atoms with Crippen LogP contribution < -0.4 is 5.32 Å². The minimum atomic E-state index is 0.346. The molecule has 0 bridgehead atoms. The molecule has 0 atom stereocenters. The first-order chi connectivity index (χ1) is 9.54. The van der Waals surface area contributed by atoms with Crippen molar-refractivity contribution >= 4 is 11.6 Å². The summed E-state index contributed by atoms with van der Waals surface area (Å²) in [4.78, 5) is 0. The maximum absolute atomic E-state index is 6.06. The van der Waals surface area contributed by atoms with E-state index < -0.39 is 0 Å². The first-order valence-electron chi connectivity index (χ1n) is 8.03. The fourth-order valence-electron chi connectivity index (χ4n) is 4.50. The lowest BCUT2D eigenvalue weighted by Gasteiger charge is -2.56. The van der Waals surface area contributed by atoms with Gasteiger partial charge in [0.25, 0.3) is 0 Å². The standard InChI is InChI=1S/C18H26ClN/c1-14(2)20-13-18(15-5-7-16(19)8-6-15)11-17(12-18)9-3-4-10-17/h5-8,14,20H,3-4,9-13H2,1-2H3. The fraction of sp³-hybridized carbons (Fsp3) is 0.667. The van der Waals surface area contributed by atoms with E-state index in [4.69, 9.17) is 11.6 Å². The Hall–Kier alpha value is -0.530. The Labute approximate surface area is 128 Å². The minimum Gasteiger partial charge on any atom is -0.314 e. The number of nitrogens with one attached hydrogen (secondary N) is 1. The topological polar surface area (TPSA) is 12.0 Å². The van der Waals surface area contributed by atoms with Crippen LogP contribution in [0.15, 0.2) is 24.3 Å². The van der Waals surface area contributed by atoms with Gasteiger partial charge >= 0.3 is 0 Å². The van der Waals surface area contributed by atoms with Crippen LogP contribution in [0.25, 0.3) is 0 Å². The summed E-state index contributed by atoms with van der Waals surface area (Å²) in [5.74, 6) is 0. The molecule has 0 unspecified atom stereocenters. The van der Waals surface area contributed by atoms with Crippen LogP contribution in [0, 0.1) is 5.41 Å². The molecule has 2 aliphatic rings. The van der Waals surface area contributed by atoms with Crippen LogP contribution in [0.2, 0.25) is 5.02 Å². The van der Waals surface area contributed by atoms with Crippen molar-refractivity contribution < 1.29 is 0 Å². The summed E-state index contributed by atoms with van der Waals surface area (Å²) in [6.07, 6.45) is 8.50. The molecule has 1 aromatic rings. The summed E-state index contributed by atoms with van der Waals surface area (Å²) in [5.41, 5.74) is 2.49. The van der Waals surface area contributed by atoms with Crippen LogP contribution in [0.4, 0.5) is 0 Å². The van der Waals surface area contributed by atoms with Gasteiger partial charge in [-0.15, -0.1) is 0 Å². The molecule has 0 aromatic heterocycles. The highest BCUT2D eigenvalue weighted by atomic mass is 35.5. The number of rotatable bonds is 4. The second kappa shape index (κ2) is 5.35. The van der Waals surface area contributed by atoms with Gasteiger partial charge in [-0.05, 0) is 48.8 Å². The maximum atomic E-state index is 6.06. The Bertz CT molecular complexity index is 449. The highest BCUT2D eigenvalue weighted by molar-refractivity contribution is 6.30. The predicted molar refractivity (Wildman–Crippen MR) is 86.4 cm³/mol. The molecule has 1 aromatic carbocycles. The molecule has 1 spiro atoms. The largest absolute Gasteiger partial charge is 0.314 e. The lowest BCUT2D eigenvalue weighted by Crippen LogP contribution is -2.54. The minimum absolute atomic E-state index is 0.346. The lowest BCUT2D eigenvalue weighted by atomic mass is 9.49. The maximum Gasteiger partial charge on any atom is 0.0406 e. The number of hydrogen-bond donors (Lipinski definition) is 1. The predicted octanol–water partition coefficient (Wildman–Crippen LogP) is 4.93. The van der Waals surface area contributed by atoms with Crippen LogP contribution in [0.5, 0.6) is 0 Å². The Morgan fingerprint density at radius 2 is 1.70 bits per heavy atom. The zero-order valence-electron chi connectivity index (χ0n) is 12.7. The third-order valence-corrected chi connectivity index (χ3v) is 5.65. The molecule has 0 saturated heterocycles. The van der Waals surface area contributed by atoms with E-state index in [0.29, 0.717) is 16.9 Å². The van der Waals surface area contributed by atoms with Crippen molar-refractivity contribution in [2.45, 2.75) is 63.8 Å². The van der Waals surface area contributed by atoms with Crippen molar-refractivity contribution in [3.05, 3.63) is 34.9 Å². The van der Waals surface area contributed by atoms with E-state index in [-0.39, 0.29) is 0 Å². The highest BCUT2D eigenvalue weighted by Gasteiger charge is 2.55. The van der Waals surface area contributed by atoms with Gasteiger partial charge in [0.05, 0.1) is 0 Å². The smallest absolute Gasteiger partial charge is 0.0406 e. The molecule has 110 valence electrons. The molecule has 2 heteroatoms. The monoisotopic (exact) mass is 291 g/mol. The zero-order chi connectivity index (χ0) is 14.2. The Morgan fingerprint density at radius 3 is 2.25 bits per heavy atom.